The molecule has 3 N–H and O–H groups in total. The zero-order chi connectivity index (χ0) is 19.2. The fourth-order valence-corrected chi connectivity index (χ4v) is 2.47. The van der Waals surface area contributed by atoms with Gasteiger partial charge in [-0.1, -0.05) is 30.3 Å². The van der Waals surface area contributed by atoms with E-state index in [2.05, 4.69) is 5.32 Å². The van der Waals surface area contributed by atoms with Gasteiger partial charge in [0.15, 0.2) is 0 Å². The molecule has 0 radical (unpaired) electrons. The summed E-state index contributed by atoms with van der Waals surface area (Å²) in [5, 5.41) is 2.54. The van der Waals surface area contributed by atoms with Gasteiger partial charge in [-0.05, 0) is 43.7 Å². The summed E-state index contributed by atoms with van der Waals surface area (Å²) in [5.74, 6) is -0.406. The van der Waals surface area contributed by atoms with Crippen molar-refractivity contribution < 1.29 is 23.5 Å². The summed E-state index contributed by atoms with van der Waals surface area (Å²) in [7, 11) is 0. The van der Waals surface area contributed by atoms with E-state index in [-0.39, 0.29) is 6.42 Å². The SMILES string of the molecule is CC(C)(CC(OC(=O)Nc1ccc(F)cc1)c1ccccc1)OC(N)=O. The van der Waals surface area contributed by atoms with E-state index in [0.717, 1.165) is 5.56 Å². The van der Waals surface area contributed by atoms with Gasteiger partial charge in [0.05, 0.1) is 0 Å². The van der Waals surface area contributed by atoms with Crippen LogP contribution < -0.4 is 11.1 Å². The largest absolute Gasteiger partial charge is 0.444 e. The topological polar surface area (TPSA) is 90.7 Å². The van der Waals surface area contributed by atoms with Gasteiger partial charge in [-0.15, -0.1) is 0 Å². The summed E-state index contributed by atoms with van der Waals surface area (Å²) < 4.78 is 23.6. The molecule has 2 aromatic rings. The number of hydrogen-bond acceptors (Lipinski definition) is 4. The van der Waals surface area contributed by atoms with Crippen LogP contribution >= 0.6 is 0 Å². The Balaban J connectivity index is 2.12. The number of halogens is 1. The summed E-state index contributed by atoms with van der Waals surface area (Å²) in [5.41, 5.74) is 5.29. The molecule has 2 amide bonds. The summed E-state index contributed by atoms with van der Waals surface area (Å²) >= 11 is 0. The van der Waals surface area contributed by atoms with Gasteiger partial charge >= 0.3 is 12.2 Å². The molecule has 26 heavy (non-hydrogen) atoms. The van der Waals surface area contributed by atoms with Gasteiger partial charge in [0, 0.05) is 12.1 Å². The minimum atomic E-state index is -0.942. The third kappa shape index (κ3) is 6.08. The second-order valence-corrected chi connectivity index (χ2v) is 6.32. The van der Waals surface area contributed by atoms with Crippen LogP contribution in [0.4, 0.5) is 19.7 Å². The molecule has 0 heterocycles. The van der Waals surface area contributed by atoms with Crippen molar-refractivity contribution in [3.05, 3.63) is 66.0 Å². The van der Waals surface area contributed by atoms with Crippen LogP contribution in [0.2, 0.25) is 0 Å². The van der Waals surface area contributed by atoms with Gasteiger partial charge in [-0.25, -0.2) is 14.0 Å². The fraction of sp³-hybridized carbons (Fsp3) is 0.263. The molecule has 0 aliphatic heterocycles. The van der Waals surface area contributed by atoms with Crippen molar-refractivity contribution in [2.75, 3.05) is 5.32 Å². The molecule has 0 bridgehead atoms. The van der Waals surface area contributed by atoms with Gasteiger partial charge in [-0.3, -0.25) is 5.32 Å². The van der Waals surface area contributed by atoms with Gasteiger partial charge < -0.3 is 15.2 Å². The number of ether oxygens (including phenoxy) is 2. The van der Waals surface area contributed by atoms with Gasteiger partial charge in [0.2, 0.25) is 0 Å². The maximum absolute atomic E-state index is 12.9. The smallest absolute Gasteiger partial charge is 0.412 e. The second kappa shape index (κ2) is 8.33. The lowest BCUT2D eigenvalue weighted by Crippen LogP contribution is -2.34. The first-order valence-electron chi connectivity index (χ1n) is 8.02. The number of nitrogens with one attached hydrogen (secondary N) is 1. The second-order valence-electron chi connectivity index (χ2n) is 6.32. The van der Waals surface area contributed by atoms with Gasteiger partial charge in [-0.2, -0.15) is 0 Å². The number of carbonyl (C=O) groups excluding carboxylic acids is 2. The van der Waals surface area contributed by atoms with Gasteiger partial charge in [0.25, 0.3) is 0 Å². The van der Waals surface area contributed by atoms with Crippen molar-refractivity contribution in [1.82, 2.24) is 0 Å². The Labute approximate surface area is 151 Å². The van der Waals surface area contributed by atoms with Crippen LogP contribution in [-0.2, 0) is 9.47 Å². The number of amides is 2. The lowest BCUT2D eigenvalue weighted by Gasteiger charge is -2.29. The molecule has 1 unspecified atom stereocenters. The summed E-state index contributed by atoms with van der Waals surface area (Å²) in [6, 6.07) is 14.4. The third-order valence-corrected chi connectivity index (χ3v) is 3.57. The number of primary amides is 1. The van der Waals surface area contributed by atoms with Crippen molar-refractivity contribution in [3.63, 3.8) is 0 Å². The zero-order valence-electron chi connectivity index (χ0n) is 14.6. The third-order valence-electron chi connectivity index (χ3n) is 3.57. The Morgan fingerprint density at radius 1 is 1.12 bits per heavy atom. The fourth-order valence-electron chi connectivity index (χ4n) is 2.47. The van der Waals surface area contributed by atoms with E-state index in [9.17, 15) is 14.0 Å². The molecule has 138 valence electrons. The molecule has 1 atom stereocenters. The van der Waals surface area contributed by atoms with Crippen LogP contribution in [0, 0.1) is 5.82 Å². The highest BCUT2D eigenvalue weighted by Crippen LogP contribution is 2.30. The quantitative estimate of drug-likeness (QED) is 0.800. The van der Waals surface area contributed by atoms with E-state index < -0.39 is 29.7 Å². The van der Waals surface area contributed by atoms with Crippen molar-refractivity contribution in [2.24, 2.45) is 5.73 Å². The Morgan fingerprint density at radius 3 is 2.31 bits per heavy atom. The lowest BCUT2D eigenvalue weighted by molar-refractivity contribution is -0.00157. The molecule has 2 aromatic carbocycles. The molecule has 0 aliphatic carbocycles. The van der Waals surface area contributed by atoms with E-state index >= 15 is 0 Å². The molecule has 0 fully saturated rings. The number of nitrogens with two attached hydrogens (primary N) is 1. The first-order valence-corrected chi connectivity index (χ1v) is 8.02. The van der Waals surface area contributed by atoms with E-state index in [0.29, 0.717) is 5.69 Å². The van der Waals surface area contributed by atoms with Crippen LogP contribution in [0.25, 0.3) is 0 Å². The molecule has 0 aliphatic rings. The molecule has 6 nitrogen and oxygen atoms in total. The molecule has 0 saturated carbocycles. The first-order chi connectivity index (χ1) is 12.2. The standard InChI is InChI=1S/C19H21FN2O4/c1-19(2,26-17(21)23)12-16(13-6-4-3-5-7-13)25-18(24)22-15-10-8-14(20)9-11-15/h3-11,16H,12H2,1-2H3,(H2,21,23)(H,22,24). The van der Waals surface area contributed by atoms with E-state index in [4.69, 9.17) is 15.2 Å². The summed E-state index contributed by atoms with van der Waals surface area (Å²) in [4.78, 5) is 23.3. The minimum absolute atomic E-state index is 0.205. The minimum Gasteiger partial charge on any atom is -0.444 e. The summed E-state index contributed by atoms with van der Waals surface area (Å²) in [6.07, 6.45) is -2.08. The number of benzene rings is 2. The number of carbonyl (C=O) groups is 2. The van der Waals surface area contributed by atoms with Gasteiger partial charge in [0.1, 0.15) is 17.5 Å². The van der Waals surface area contributed by atoms with Crippen LogP contribution in [0.15, 0.2) is 54.6 Å². The van der Waals surface area contributed by atoms with Crippen LogP contribution in [-0.4, -0.2) is 17.8 Å². The predicted molar refractivity (Wildman–Crippen MR) is 95.1 cm³/mol. The highest BCUT2D eigenvalue weighted by molar-refractivity contribution is 5.84. The molecule has 0 spiro atoms. The average molecular weight is 360 g/mol. The van der Waals surface area contributed by atoms with Crippen molar-refractivity contribution in [2.45, 2.75) is 32.0 Å². The highest BCUT2D eigenvalue weighted by atomic mass is 19.1. The predicted octanol–water partition coefficient (Wildman–Crippen LogP) is 4.38. The summed E-state index contributed by atoms with van der Waals surface area (Å²) in [6.45, 7) is 3.35. The average Bonchev–Trinajstić information content (AvgIpc) is 2.56. The number of rotatable bonds is 6. The first kappa shape index (κ1) is 19.2. The van der Waals surface area contributed by atoms with E-state index in [1.165, 1.54) is 24.3 Å². The molecule has 2 rings (SSSR count). The van der Waals surface area contributed by atoms with Crippen molar-refractivity contribution in [3.8, 4) is 0 Å². The maximum Gasteiger partial charge on any atom is 0.412 e. The molecular weight excluding hydrogens is 339 g/mol. The van der Waals surface area contributed by atoms with E-state index in [1.807, 2.05) is 18.2 Å². The number of anilines is 1. The molecular formula is C19H21FN2O4. The molecule has 0 saturated heterocycles. The van der Waals surface area contributed by atoms with Crippen LogP contribution in [0.1, 0.15) is 31.9 Å². The van der Waals surface area contributed by atoms with Crippen molar-refractivity contribution in [1.29, 1.82) is 0 Å². The highest BCUT2D eigenvalue weighted by Gasteiger charge is 2.30. The van der Waals surface area contributed by atoms with Crippen LogP contribution in [0.3, 0.4) is 0 Å². The van der Waals surface area contributed by atoms with Crippen LogP contribution in [0.5, 0.6) is 0 Å². The van der Waals surface area contributed by atoms with Crippen molar-refractivity contribution >= 4 is 17.9 Å². The number of hydrogen-bond donors (Lipinski definition) is 2. The lowest BCUT2D eigenvalue weighted by atomic mass is 9.95. The van der Waals surface area contributed by atoms with E-state index in [1.54, 1.807) is 26.0 Å². The monoisotopic (exact) mass is 360 g/mol. The Kier molecular flexibility index (Phi) is 6.16. The Bertz CT molecular complexity index is 748. The Morgan fingerprint density at radius 2 is 1.73 bits per heavy atom. The molecule has 7 heteroatoms. The molecule has 0 aromatic heterocycles. The zero-order valence-corrected chi connectivity index (χ0v) is 14.6. The maximum atomic E-state index is 12.9. The Hall–Kier alpha value is -3.09. The normalized spacial score (nSPS) is 12.1.